The van der Waals surface area contributed by atoms with Crippen molar-refractivity contribution in [1.29, 1.82) is 0 Å². The summed E-state index contributed by atoms with van der Waals surface area (Å²) in [5.41, 5.74) is 9.85. The van der Waals surface area contributed by atoms with E-state index >= 15 is 0 Å². The summed E-state index contributed by atoms with van der Waals surface area (Å²) in [5.74, 6) is 1.77. The molecule has 0 aliphatic heterocycles. The molecule has 14 rings (SSSR count). The number of thiophene rings is 1. The van der Waals surface area contributed by atoms with Gasteiger partial charge in [0.05, 0.1) is 11.0 Å². The summed E-state index contributed by atoms with van der Waals surface area (Å²) in [6.07, 6.45) is 0. The fraction of sp³-hybridized carbons (Fsp3) is 0. The van der Waals surface area contributed by atoms with Crippen molar-refractivity contribution in [2.75, 3.05) is 0 Å². The molecule has 0 aliphatic carbocycles. The number of benzene rings is 10. The minimum atomic E-state index is 0.575. The van der Waals surface area contributed by atoms with E-state index in [4.69, 9.17) is 19.4 Å². The highest BCUT2D eigenvalue weighted by molar-refractivity contribution is 7.26. The third-order valence-corrected chi connectivity index (χ3v) is 14.1. The lowest BCUT2D eigenvalue weighted by molar-refractivity contribution is 0.669. The van der Waals surface area contributed by atoms with Crippen LogP contribution in [-0.2, 0) is 0 Å². The van der Waals surface area contributed by atoms with Gasteiger partial charge in [-0.15, -0.1) is 11.3 Å². The van der Waals surface area contributed by atoms with Crippen LogP contribution in [-0.4, -0.2) is 19.5 Å². The van der Waals surface area contributed by atoms with Gasteiger partial charge < -0.3 is 8.98 Å². The Morgan fingerprint density at radius 3 is 1.92 bits per heavy atom. The Bertz CT molecular complexity index is 4260. The van der Waals surface area contributed by atoms with Gasteiger partial charge in [0.15, 0.2) is 17.5 Å². The molecule has 302 valence electrons. The van der Waals surface area contributed by atoms with Gasteiger partial charge in [-0.3, -0.25) is 0 Å². The van der Waals surface area contributed by atoms with Gasteiger partial charge in [-0.25, -0.2) is 15.0 Å². The van der Waals surface area contributed by atoms with Crippen molar-refractivity contribution in [3.8, 4) is 51.0 Å². The molecule has 0 saturated carbocycles. The normalized spacial score (nSPS) is 12.0. The first-order valence-electron chi connectivity index (χ1n) is 21.8. The Hall–Kier alpha value is -8.45. The first kappa shape index (κ1) is 36.1. The van der Waals surface area contributed by atoms with Gasteiger partial charge in [-0.2, -0.15) is 0 Å². The van der Waals surface area contributed by atoms with Crippen LogP contribution in [0.15, 0.2) is 211 Å². The number of nitrogens with zero attached hydrogens (tertiary/aromatic N) is 4. The first-order chi connectivity index (χ1) is 32.2. The second-order valence-corrected chi connectivity index (χ2v) is 17.8. The lowest BCUT2D eigenvalue weighted by atomic mass is 9.93. The largest absolute Gasteiger partial charge is 0.456 e. The molecule has 0 amide bonds. The molecule has 5 nitrogen and oxygen atoms in total. The summed E-state index contributed by atoms with van der Waals surface area (Å²) in [7, 11) is 0. The fourth-order valence-corrected chi connectivity index (χ4v) is 11.2. The number of para-hydroxylation sites is 2. The molecule has 6 heteroatoms. The highest BCUT2D eigenvalue weighted by Crippen LogP contribution is 2.46. The molecule has 0 atom stereocenters. The minimum Gasteiger partial charge on any atom is -0.456 e. The van der Waals surface area contributed by atoms with Crippen molar-refractivity contribution in [1.82, 2.24) is 19.5 Å². The lowest BCUT2D eigenvalue weighted by Gasteiger charge is -2.16. The Balaban J connectivity index is 1.07. The molecule has 0 saturated heterocycles. The molecule has 0 bridgehead atoms. The smallest absolute Gasteiger partial charge is 0.164 e. The fourth-order valence-electron chi connectivity index (χ4n) is 10.0. The van der Waals surface area contributed by atoms with Crippen LogP contribution in [0.4, 0.5) is 0 Å². The number of hydrogen-bond donors (Lipinski definition) is 0. The predicted octanol–water partition coefficient (Wildman–Crippen LogP) is 16.2. The summed E-state index contributed by atoms with van der Waals surface area (Å²) < 4.78 is 11.3. The zero-order valence-electron chi connectivity index (χ0n) is 34.7. The van der Waals surface area contributed by atoms with E-state index in [9.17, 15) is 0 Å². The van der Waals surface area contributed by atoms with Crippen LogP contribution in [0.25, 0.3) is 136 Å². The van der Waals surface area contributed by atoms with Crippen LogP contribution in [0.1, 0.15) is 0 Å². The Morgan fingerprint density at radius 1 is 0.354 bits per heavy atom. The van der Waals surface area contributed by atoms with Gasteiger partial charge >= 0.3 is 0 Å². The van der Waals surface area contributed by atoms with Gasteiger partial charge in [0, 0.05) is 64.1 Å². The number of fused-ring (bicyclic) bond motifs is 12. The van der Waals surface area contributed by atoms with E-state index < -0.39 is 0 Å². The van der Waals surface area contributed by atoms with E-state index in [-0.39, 0.29) is 0 Å². The minimum absolute atomic E-state index is 0.575. The van der Waals surface area contributed by atoms with Crippen LogP contribution >= 0.6 is 11.3 Å². The summed E-state index contributed by atoms with van der Waals surface area (Å²) in [4.78, 5) is 15.9. The van der Waals surface area contributed by atoms with Crippen molar-refractivity contribution in [2.45, 2.75) is 0 Å². The van der Waals surface area contributed by atoms with Crippen LogP contribution in [0.2, 0.25) is 0 Å². The van der Waals surface area contributed by atoms with Gasteiger partial charge in [0.25, 0.3) is 0 Å². The molecule has 0 fully saturated rings. The standard InChI is InChI=1S/C59H34N4OS/c1-2-14-36(15-3-1)57-60-58(39-25-28-44-43-20-9-11-23-51(43)64-52(44)33-39)62-59(61-57)46-29-27-40(63-49-22-10-8-19-42(49)48-31-37-16-4-5-17-38(37)32-50(48)63)34-47(46)45-21-12-24-53-56(45)55-41-18-7-6-13-35(41)26-30-54(55)65-53/h1-34H. The predicted molar refractivity (Wildman–Crippen MR) is 271 cm³/mol. The van der Waals surface area contributed by atoms with Crippen LogP contribution in [0.5, 0.6) is 0 Å². The zero-order chi connectivity index (χ0) is 42.6. The molecular weight excluding hydrogens is 813 g/mol. The summed E-state index contributed by atoms with van der Waals surface area (Å²) in [5, 5.41) is 12.0. The average molecular weight is 847 g/mol. The van der Waals surface area contributed by atoms with Crippen molar-refractivity contribution in [3.63, 3.8) is 0 Å². The number of rotatable bonds is 5. The van der Waals surface area contributed by atoms with Gasteiger partial charge in [-0.1, -0.05) is 140 Å². The summed E-state index contributed by atoms with van der Waals surface area (Å²) in [6.45, 7) is 0. The quantitative estimate of drug-likeness (QED) is 0.173. The second kappa shape index (κ2) is 14.0. The molecule has 0 spiro atoms. The first-order valence-corrected chi connectivity index (χ1v) is 22.7. The monoisotopic (exact) mass is 846 g/mol. The van der Waals surface area contributed by atoms with Crippen LogP contribution < -0.4 is 0 Å². The average Bonchev–Trinajstić information content (AvgIpc) is 4.05. The molecule has 4 aromatic heterocycles. The zero-order valence-corrected chi connectivity index (χ0v) is 35.6. The molecule has 0 N–H and O–H groups in total. The third-order valence-electron chi connectivity index (χ3n) is 13.0. The van der Waals surface area contributed by atoms with Gasteiger partial charge in [0.1, 0.15) is 11.2 Å². The van der Waals surface area contributed by atoms with E-state index in [1.165, 1.54) is 52.5 Å². The SMILES string of the molecule is c1ccc(-c2nc(-c3ccc4c(c3)oc3ccccc34)nc(-c3ccc(-n4c5ccccc5c5cc6ccccc6cc54)cc3-c3cccc4sc5ccc6ccccc6c5c34)n2)cc1. The molecule has 14 aromatic rings. The molecule has 10 aromatic carbocycles. The van der Waals surface area contributed by atoms with Crippen LogP contribution in [0.3, 0.4) is 0 Å². The number of furan rings is 1. The van der Waals surface area contributed by atoms with Crippen molar-refractivity contribution in [3.05, 3.63) is 206 Å². The number of aromatic nitrogens is 4. The molecule has 65 heavy (non-hydrogen) atoms. The molecular formula is C59H34N4OS. The van der Waals surface area contributed by atoms with E-state index in [1.54, 1.807) is 0 Å². The molecule has 0 unspecified atom stereocenters. The lowest BCUT2D eigenvalue weighted by Crippen LogP contribution is -2.02. The van der Waals surface area contributed by atoms with Crippen LogP contribution in [0, 0.1) is 0 Å². The van der Waals surface area contributed by atoms with Gasteiger partial charge in [0.2, 0.25) is 0 Å². The van der Waals surface area contributed by atoms with E-state index in [1.807, 2.05) is 47.7 Å². The summed E-state index contributed by atoms with van der Waals surface area (Å²) in [6, 6.07) is 73.4. The van der Waals surface area contributed by atoms with Crippen molar-refractivity contribution in [2.24, 2.45) is 0 Å². The molecule has 0 radical (unpaired) electrons. The summed E-state index contributed by atoms with van der Waals surface area (Å²) >= 11 is 1.84. The van der Waals surface area contributed by atoms with Gasteiger partial charge in [-0.05, 0) is 99.4 Å². The Morgan fingerprint density at radius 2 is 1.05 bits per heavy atom. The highest BCUT2D eigenvalue weighted by atomic mass is 32.1. The number of hydrogen-bond acceptors (Lipinski definition) is 5. The van der Waals surface area contributed by atoms with Crippen molar-refractivity contribution < 1.29 is 4.42 Å². The topological polar surface area (TPSA) is 56.7 Å². The Kier molecular flexibility index (Phi) is 7.79. The van der Waals surface area contributed by atoms with Crippen molar-refractivity contribution >= 4 is 96.8 Å². The molecule has 4 heterocycles. The van der Waals surface area contributed by atoms with E-state index in [0.29, 0.717) is 17.5 Å². The maximum absolute atomic E-state index is 6.38. The highest BCUT2D eigenvalue weighted by Gasteiger charge is 2.22. The third kappa shape index (κ3) is 5.61. The Labute approximate surface area is 376 Å². The maximum atomic E-state index is 6.38. The maximum Gasteiger partial charge on any atom is 0.164 e. The second-order valence-electron chi connectivity index (χ2n) is 16.7. The van der Waals surface area contributed by atoms with E-state index in [2.05, 4.69) is 174 Å². The molecule has 0 aliphatic rings. The van der Waals surface area contributed by atoms with E-state index in [0.717, 1.165) is 66.5 Å².